The van der Waals surface area contributed by atoms with Crippen LogP contribution in [0, 0.1) is 11.7 Å². The minimum absolute atomic E-state index is 0.0522. The summed E-state index contributed by atoms with van der Waals surface area (Å²) in [4.78, 5) is 7.86. The lowest BCUT2D eigenvalue weighted by Crippen LogP contribution is -2.17. The van der Waals surface area contributed by atoms with Gasteiger partial charge in [-0.15, -0.1) is 0 Å². The van der Waals surface area contributed by atoms with Gasteiger partial charge in [0.15, 0.2) is 11.6 Å². The van der Waals surface area contributed by atoms with Crippen LogP contribution in [0.15, 0.2) is 6.20 Å². The van der Waals surface area contributed by atoms with Gasteiger partial charge >= 0.3 is 0 Å². The Morgan fingerprint density at radius 2 is 2.24 bits per heavy atom. The third kappa shape index (κ3) is 4.52. The summed E-state index contributed by atoms with van der Waals surface area (Å²) in [5.74, 6) is 0.139. The lowest BCUT2D eigenvalue weighted by Gasteiger charge is -2.11. The predicted octanol–water partition coefficient (Wildman–Crippen LogP) is 1.48. The quantitative estimate of drug-likeness (QED) is 0.675. The fraction of sp³-hybridized carbons (Fsp3) is 0.636. The first-order valence-electron chi connectivity index (χ1n) is 5.78. The van der Waals surface area contributed by atoms with Gasteiger partial charge in [0.2, 0.25) is 5.95 Å². The van der Waals surface area contributed by atoms with E-state index in [0.29, 0.717) is 12.5 Å². The van der Waals surface area contributed by atoms with E-state index in [1.165, 1.54) is 0 Å². The van der Waals surface area contributed by atoms with Crippen LogP contribution in [0.5, 0.6) is 0 Å². The second kappa shape index (κ2) is 7.01. The zero-order valence-corrected chi connectivity index (χ0v) is 10.2. The molecule has 96 valence electrons. The molecule has 1 unspecified atom stereocenters. The van der Waals surface area contributed by atoms with Crippen LogP contribution in [0.2, 0.25) is 0 Å². The van der Waals surface area contributed by atoms with Crippen molar-refractivity contribution in [2.45, 2.75) is 20.3 Å². The number of rotatable bonds is 7. The van der Waals surface area contributed by atoms with Crippen LogP contribution in [0.25, 0.3) is 0 Å². The molecule has 0 bridgehead atoms. The van der Waals surface area contributed by atoms with Gasteiger partial charge in [-0.1, -0.05) is 13.8 Å². The van der Waals surface area contributed by atoms with Crippen LogP contribution < -0.4 is 10.6 Å². The summed E-state index contributed by atoms with van der Waals surface area (Å²) in [7, 11) is 0. The van der Waals surface area contributed by atoms with E-state index in [1.54, 1.807) is 0 Å². The van der Waals surface area contributed by atoms with Gasteiger partial charge in [-0.05, 0) is 12.3 Å². The highest BCUT2D eigenvalue weighted by molar-refractivity contribution is 5.40. The Hall–Kier alpha value is -1.43. The summed E-state index contributed by atoms with van der Waals surface area (Å²) in [6.45, 7) is 5.16. The van der Waals surface area contributed by atoms with E-state index in [2.05, 4.69) is 20.6 Å². The van der Waals surface area contributed by atoms with Crippen LogP contribution in [-0.2, 0) is 0 Å². The van der Waals surface area contributed by atoms with Crippen LogP contribution in [0.4, 0.5) is 16.2 Å². The van der Waals surface area contributed by atoms with E-state index in [9.17, 15) is 4.39 Å². The van der Waals surface area contributed by atoms with E-state index in [4.69, 9.17) is 5.11 Å². The summed E-state index contributed by atoms with van der Waals surface area (Å²) in [6.07, 6.45) is 2.09. The molecule has 6 heteroatoms. The lowest BCUT2D eigenvalue weighted by atomic mass is 10.2. The van der Waals surface area contributed by atoms with Crippen LogP contribution in [0.1, 0.15) is 20.3 Å². The van der Waals surface area contributed by atoms with Crippen molar-refractivity contribution in [1.29, 1.82) is 0 Å². The molecule has 0 aliphatic rings. The number of nitrogens with one attached hydrogen (secondary N) is 2. The maximum absolute atomic E-state index is 13.4. The molecule has 0 spiro atoms. The number of aromatic nitrogens is 2. The monoisotopic (exact) mass is 242 g/mol. The molecule has 1 rings (SSSR count). The fourth-order valence-corrected chi connectivity index (χ4v) is 1.15. The standard InChI is InChI=1S/C11H19FN4O/c1-3-4-13-11-15-6-9(12)10(16-11)14-5-8(2)7-17/h6,8,17H,3-5,7H2,1-2H3,(H2,13,14,15,16). The zero-order valence-electron chi connectivity index (χ0n) is 10.2. The second-order valence-corrected chi connectivity index (χ2v) is 3.99. The molecular weight excluding hydrogens is 223 g/mol. The number of anilines is 2. The van der Waals surface area contributed by atoms with E-state index in [1.807, 2.05) is 13.8 Å². The van der Waals surface area contributed by atoms with Crippen molar-refractivity contribution in [3.05, 3.63) is 12.0 Å². The van der Waals surface area contributed by atoms with E-state index in [0.717, 1.165) is 19.2 Å². The molecule has 0 fully saturated rings. The van der Waals surface area contributed by atoms with Crippen LogP contribution in [0.3, 0.4) is 0 Å². The minimum Gasteiger partial charge on any atom is -0.396 e. The Labute approximate surface area is 100 Å². The third-order valence-electron chi connectivity index (χ3n) is 2.21. The predicted molar refractivity (Wildman–Crippen MR) is 65.5 cm³/mol. The van der Waals surface area contributed by atoms with Gasteiger partial charge in [0, 0.05) is 19.7 Å². The van der Waals surface area contributed by atoms with E-state index < -0.39 is 5.82 Å². The number of hydrogen-bond acceptors (Lipinski definition) is 5. The SMILES string of the molecule is CCCNc1ncc(F)c(NCC(C)CO)n1. The molecule has 0 saturated heterocycles. The maximum atomic E-state index is 13.4. The molecule has 0 amide bonds. The smallest absolute Gasteiger partial charge is 0.224 e. The van der Waals surface area contributed by atoms with Gasteiger partial charge in [0.25, 0.3) is 0 Å². The first-order chi connectivity index (χ1) is 8.17. The molecule has 0 radical (unpaired) electrons. The molecule has 1 heterocycles. The van der Waals surface area contributed by atoms with Gasteiger partial charge in [-0.2, -0.15) is 4.98 Å². The number of nitrogens with zero attached hydrogens (tertiary/aromatic N) is 2. The Balaban J connectivity index is 2.62. The summed E-state index contributed by atoms with van der Waals surface area (Å²) >= 11 is 0. The molecule has 0 saturated carbocycles. The molecule has 1 aromatic heterocycles. The highest BCUT2D eigenvalue weighted by Crippen LogP contribution is 2.12. The summed E-state index contributed by atoms with van der Waals surface area (Å²) in [5, 5.41) is 14.7. The van der Waals surface area contributed by atoms with Crippen molar-refractivity contribution in [3.63, 3.8) is 0 Å². The molecule has 3 N–H and O–H groups in total. The van der Waals surface area contributed by atoms with Crippen molar-refractivity contribution in [1.82, 2.24) is 9.97 Å². The molecule has 1 atom stereocenters. The molecule has 1 aromatic rings. The molecule has 0 aliphatic carbocycles. The highest BCUT2D eigenvalue weighted by Gasteiger charge is 2.07. The van der Waals surface area contributed by atoms with Gasteiger partial charge < -0.3 is 15.7 Å². The number of hydrogen-bond donors (Lipinski definition) is 3. The Morgan fingerprint density at radius 1 is 1.47 bits per heavy atom. The van der Waals surface area contributed by atoms with Gasteiger partial charge in [0.05, 0.1) is 6.20 Å². The average molecular weight is 242 g/mol. The zero-order chi connectivity index (χ0) is 12.7. The van der Waals surface area contributed by atoms with Crippen molar-refractivity contribution in [3.8, 4) is 0 Å². The van der Waals surface area contributed by atoms with E-state index >= 15 is 0 Å². The topological polar surface area (TPSA) is 70.1 Å². The van der Waals surface area contributed by atoms with Crippen molar-refractivity contribution in [2.75, 3.05) is 30.3 Å². The van der Waals surface area contributed by atoms with Gasteiger partial charge in [-0.25, -0.2) is 9.37 Å². The summed E-state index contributed by atoms with van der Waals surface area (Å²) < 4.78 is 13.4. The molecule has 17 heavy (non-hydrogen) atoms. The number of aliphatic hydroxyl groups is 1. The van der Waals surface area contributed by atoms with Crippen molar-refractivity contribution < 1.29 is 9.50 Å². The molecule has 5 nitrogen and oxygen atoms in total. The third-order valence-corrected chi connectivity index (χ3v) is 2.21. The average Bonchev–Trinajstić information content (AvgIpc) is 2.35. The first kappa shape index (κ1) is 13.6. The van der Waals surface area contributed by atoms with Crippen molar-refractivity contribution in [2.24, 2.45) is 5.92 Å². The summed E-state index contributed by atoms with van der Waals surface area (Å²) in [5.41, 5.74) is 0. The highest BCUT2D eigenvalue weighted by atomic mass is 19.1. The normalized spacial score (nSPS) is 12.2. The Morgan fingerprint density at radius 3 is 2.88 bits per heavy atom. The molecule has 0 aliphatic heterocycles. The molecular formula is C11H19FN4O. The van der Waals surface area contributed by atoms with Crippen LogP contribution in [-0.4, -0.2) is 34.8 Å². The van der Waals surface area contributed by atoms with Gasteiger partial charge in [0.1, 0.15) is 0 Å². The lowest BCUT2D eigenvalue weighted by molar-refractivity contribution is 0.244. The maximum Gasteiger partial charge on any atom is 0.224 e. The Bertz CT molecular complexity index is 348. The molecule has 0 aromatic carbocycles. The Kier molecular flexibility index (Phi) is 5.62. The largest absolute Gasteiger partial charge is 0.396 e. The van der Waals surface area contributed by atoms with Gasteiger partial charge in [-0.3, -0.25) is 0 Å². The number of aliphatic hydroxyl groups excluding tert-OH is 1. The van der Waals surface area contributed by atoms with E-state index in [-0.39, 0.29) is 18.3 Å². The fourth-order valence-electron chi connectivity index (χ4n) is 1.15. The van der Waals surface area contributed by atoms with Crippen molar-refractivity contribution >= 4 is 11.8 Å². The first-order valence-corrected chi connectivity index (χ1v) is 5.78. The van der Waals surface area contributed by atoms with Crippen LogP contribution >= 0.6 is 0 Å². The number of halogens is 1. The summed E-state index contributed by atoms with van der Waals surface area (Å²) in [6, 6.07) is 0. The second-order valence-electron chi connectivity index (χ2n) is 3.99. The minimum atomic E-state index is -0.489.